The molecular formula is C72H82O2. The fraction of sp³-hybridized carbons (Fsp3) is 0.347. The molecule has 0 saturated carbocycles. The lowest BCUT2D eigenvalue weighted by molar-refractivity contribution is -0.109. The van der Waals surface area contributed by atoms with Crippen LogP contribution in [0.2, 0.25) is 0 Å². The molecular weight excluding hydrogens is 897 g/mol. The van der Waals surface area contributed by atoms with Crippen molar-refractivity contribution in [3.63, 3.8) is 0 Å². The van der Waals surface area contributed by atoms with Gasteiger partial charge in [-0.3, -0.25) is 4.79 Å². The average Bonchev–Trinajstić information content (AvgIpc) is 3.33. The lowest BCUT2D eigenvalue weighted by Gasteiger charge is -2.36. The normalized spacial score (nSPS) is 14.6. The number of rotatable bonds is 8. The predicted molar refractivity (Wildman–Crippen MR) is 318 cm³/mol. The smallest absolute Gasteiger partial charge is 0.193 e. The zero-order valence-corrected chi connectivity index (χ0v) is 48.0. The summed E-state index contributed by atoms with van der Waals surface area (Å²) < 4.78 is 8.18. The summed E-state index contributed by atoms with van der Waals surface area (Å²) in [6, 6.07) is 57.8. The summed E-state index contributed by atoms with van der Waals surface area (Å²) in [7, 11) is 0. The third-order valence-corrected chi connectivity index (χ3v) is 15.1. The van der Waals surface area contributed by atoms with E-state index in [1.165, 1.54) is 33.4 Å². The molecule has 1 aliphatic carbocycles. The highest BCUT2D eigenvalue weighted by molar-refractivity contribution is 6.43. The minimum atomic E-state index is -1.27. The number of carbonyl (C=O) groups is 1. The van der Waals surface area contributed by atoms with E-state index >= 15 is 4.79 Å². The van der Waals surface area contributed by atoms with Crippen molar-refractivity contribution in [1.29, 1.82) is 0 Å². The van der Waals surface area contributed by atoms with Crippen molar-refractivity contribution in [2.75, 3.05) is 0 Å². The number of benzene rings is 7. The van der Waals surface area contributed by atoms with Gasteiger partial charge in [0.1, 0.15) is 5.75 Å². The zero-order chi connectivity index (χ0) is 54.0. The molecule has 2 heteroatoms. The molecule has 0 N–H and O–H groups in total. The number of allylic oxidation sites excluding steroid dienone is 2. The molecule has 0 amide bonds. The lowest BCUT2D eigenvalue weighted by Crippen LogP contribution is -2.34. The van der Waals surface area contributed by atoms with Crippen LogP contribution in [0.4, 0.5) is 0 Å². The summed E-state index contributed by atoms with van der Waals surface area (Å²) in [5.74, 6) is 0.700. The minimum absolute atomic E-state index is 0.0128. The maximum Gasteiger partial charge on any atom is 0.193 e. The van der Waals surface area contributed by atoms with Gasteiger partial charge in [-0.25, -0.2) is 0 Å². The van der Waals surface area contributed by atoms with Gasteiger partial charge in [0, 0.05) is 27.8 Å². The standard InChI is InChI=1S/C72H82O2/c1-66(2,3)53-29-19-47(20-30-53)52-43-60(48-21-31-54(32-22-48)67(4,5)6)65(61(44-52)49-23-33-55(34-24-49)68(7,8)9)74-72(59-41-39-58(40-42-59)71(16,17)18)45-62(50-25-35-56(36-26-50)69(10,11)12)64(73)63(46-72)51-27-37-57(38-28-51)70(13,14)15/h19-46H,1-18H3. The Labute approximate surface area is 446 Å². The van der Waals surface area contributed by atoms with E-state index in [0.717, 1.165) is 55.8 Å². The Morgan fingerprint density at radius 2 is 0.541 bits per heavy atom. The molecule has 0 aliphatic heterocycles. The first-order valence-corrected chi connectivity index (χ1v) is 26.8. The molecule has 2 nitrogen and oxygen atoms in total. The number of hydrogen-bond acceptors (Lipinski definition) is 2. The van der Waals surface area contributed by atoms with Crippen LogP contribution < -0.4 is 4.74 Å². The molecule has 7 aromatic rings. The van der Waals surface area contributed by atoms with Gasteiger partial charge in [-0.1, -0.05) is 270 Å². The Morgan fingerprint density at radius 3 is 0.811 bits per heavy atom. The molecule has 8 rings (SSSR count). The number of hydrogen-bond donors (Lipinski definition) is 0. The fourth-order valence-electron chi connectivity index (χ4n) is 9.96. The van der Waals surface area contributed by atoms with Gasteiger partial charge in [-0.2, -0.15) is 0 Å². The van der Waals surface area contributed by atoms with E-state index in [1.54, 1.807) is 0 Å². The van der Waals surface area contributed by atoms with Crippen LogP contribution in [0.1, 0.15) is 175 Å². The van der Waals surface area contributed by atoms with Gasteiger partial charge in [-0.05, 0) is 124 Å². The van der Waals surface area contributed by atoms with Gasteiger partial charge in [0.25, 0.3) is 0 Å². The van der Waals surface area contributed by atoms with Crippen molar-refractivity contribution in [3.05, 3.63) is 220 Å². The van der Waals surface area contributed by atoms with Crippen molar-refractivity contribution in [1.82, 2.24) is 0 Å². The van der Waals surface area contributed by atoms with E-state index < -0.39 is 5.60 Å². The van der Waals surface area contributed by atoms with Crippen molar-refractivity contribution >= 4 is 16.9 Å². The van der Waals surface area contributed by atoms with Gasteiger partial charge in [0.05, 0.1) is 0 Å². The van der Waals surface area contributed by atoms with Gasteiger partial charge in [0.15, 0.2) is 11.4 Å². The first-order valence-electron chi connectivity index (χ1n) is 26.8. The second-order valence-corrected chi connectivity index (χ2v) is 27.2. The summed E-state index contributed by atoms with van der Waals surface area (Å²) in [6.07, 6.45) is 4.22. The van der Waals surface area contributed by atoms with E-state index in [4.69, 9.17) is 4.74 Å². The Kier molecular flexibility index (Phi) is 14.0. The molecule has 0 radical (unpaired) electrons. The molecule has 0 aromatic heterocycles. The van der Waals surface area contributed by atoms with Crippen LogP contribution in [-0.4, -0.2) is 5.78 Å². The van der Waals surface area contributed by atoms with Crippen LogP contribution in [-0.2, 0) is 42.9 Å². The molecule has 1 aliphatic rings. The van der Waals surface area contributed by atoms with Crippen LogP contribution in [0.5, 0.6) is 5.75 Å². The topological polar surface area (TPSA) is 26.3 Å². The molecule has 7 aromatic carbocycles. The van der Waals surface area contributed by atoms with Crippen molar-refractivity contribution < 1.29 is 9.53 Å². The third kappa shape index (κ3) is 11.4. The van der Waals surface area contributed by atoms with Gasteiger partial charge in [0.2, 0.25) is 0 Å². The van der Waals surface area contributed by atoms with Gasteiger partial charge < -0.3 is 4.74 Å². The third-order valence-electron chi connectivity index (χ3n) is 15.1. The van der Waals surface area contributed by atoms with Gasteiger partial charge >= 0.3 is 0 Å². The monoisotopic (exact) mass is 979 g/mol. The molecule has 74 heavy (non-hydrogen) atoms. The van der Waals surface area contributed by atoms with E-state index in [0.29, 0.717) is 11.1 Å². The number of Topliss-reactive ketones (excluding diaryl/α,β-unsaturated/α-hetero) is 1. The molecule has 0 spiro atoms. The number of ketones is 1. The average molecular weight is 979 g/mol. The quantitative estimate of drug-likeness (QED) is 0.152. The molecule has 0 fully saturated rings. The summed E-state index contributed by atoms with van der Waals surface area (Å²) in [6.45, 7) is 40.5. The summed E-state index contributed by atoms with van der Waals surface area (Å²) in [5.41, 5.74) is 16.0. The van der Waals surface area contributed by atoms with E-state index in [-0.39, 0.29) is 38.3 Å². The summed E-state index contributed by atoms with van der Waals surface area (Å²) in [5, 5.41) is 0. The van der Waals surface area contributed by atoms with E-state index in [2.05, 4.69) is 295 Å². The van der Waals surface area contributed by atoms with Crippen LogP contribution in [0.25, 0.3) is 44.5 Å². The van der Waals surface area contributed by atoms with Crippen molar-refractivity contribution in [2.24, 2.45) is 0 Å². The fourth-order valence-corrected chi connectivity index (χ4v) is 9.96. The Morgan fingerprint density at radius 1 is 0.297 bits per heavy atom. The summed E-state index contributed by atoms with van der Waals surface area (Å²) in [4.78, 5) is 15.5. The Balaban J connectivity index is 1.50. The van der Waals surface area contributed by atoms with Crippen LogP contribution >= 0.6 is 0 Å². The maximum atomic E-state index is 15.5. The van der Waals surface area contributed by atoms with E-state index in [1.807, 2.05) is 0 Å². The molecule has 0 atom stereocenters. The Bertz CT molecular complexity index is 3050. The molecule has 0 bridgehead atoms. The van der Waals surface area contributed by atoms with Crippen LogP contribution in [0.3, 0.4) is 0 Å². The first-order chi connectivity index (χ1) is 34.3. The van der Waals surface area contributed by atoms with Crippen molar-refractivity contribution in [3.8, 4) is 39.1 Å². The second-order valence-electron chi connectivity index (χ2n) is 27.2. The van der Waals surface area contributed by atoms with E-state index in [9.17, 15) is 0 Å². The highest BCUT2D eigenvalue weighted by Gasteiger charge is 2.41. The SMILES string of the molecule is CC(C)(C)c1ccc(C2=CC(Oc3c(-c4ccc(C(C)(C)C)cc4)cc(-c4ccc(C(C)(C)C)cc4)cc3-c3ccc(C(C)(C)C)cc3)(c3ccc(C(C)(C)C)cc3)C=C(c3ccc(C(C)(C)C)cc3)C2=O)cc1. The highest BCUT2D eigenvalue weighted by atomic mass is 16.5. The second kappa shape index (κ2) is 19.3. The Hall–Kier alpha value is -6.51. The molecule has 0 unspecified atom stereocenters. The predicted octanol–water partition coefficient (Wildman–Crippen LogP) is 19.5. The molecule has 0 saturated heterocycles. The largest absolute Gasteiger partial charge is 0.473 e. The lowest BCUT2D eigenvalue weighted by atomic mass is 9.76. The summed E-state index contributed by atoms with van der Waals surface area (Å²) >= 11 is 0. The van der Waals surface area contributed by atoms with Gasteiger partial charge in [-0.15, -0.1) is 0 Å². The van der Waals surface area contributed by atoms with Crippen LogP contribution in [0.15, 0.2) is 170 Å². The molecule has 0 heterocycles. The number of carbonyl (C=O) groups excluding carboxylic acids is 1. The first kappa shape index (κ1) is 53.8. The zero-order valence-electron chi connectivity index (χ0n) is 48.0. The highest BCUT2D eigenvalue weighted by Crippen LogP contribution is 2.50. The molecule has 382 valence electrons. The number of ether oxygens (including phenoxy) is 1. The van der Waals surface area contributed by atoms with Crippen LogP contribution in [0, 0.1) is 0 Å². The van der Waals surface area contributed by atoms with Crippen molar-refractivity contribution in [2.45, 2.75) is 163 Å². The maximum absolute atomic E-state index is 15.5. The minimum Gasteiger partial charge on any atom is -0.473 e.